The largest absolute Gasteiger partial charge is 0.422 e. The molecule has 0 rings (SSSR count). The summed E-state index contributed by atoms with van der Waals surface area (Å²) in [5, 5.41) is 17.9. The Hall–Kier alpha value is -0.790. The Morgan fingerprint density at radius 2 is 1.88 bits per heavy atom. The van der Waals surface area contributed by atoms with E-state index in [0.717, 1.165) is 0 Å². The van der Waals surface area contributed by atoms with Crippen LogP contribution in [0.3, 0.4) is 0 Å². The van der Waals surface area contributed by atoms with Gasteiger partial charge in [0.05, 0.1) is 6.61 Å². The SMILES string of the molecule is CCCC(=O)OC(OC(=O)C[S])C(O)CO. The number of esters is 2. The minimum Gasteiger partial charge on any atom is -0.422 e. The van der Waals surface area contributed by atoms with Crippen molar-refractivity contribution in [2.24, 2.45) is 0 Å². The molecular formula is C9H15O6S. The van der Waals surface area contributed by atoms with E-state index in [9.17, 15) is 14.7 Å². The fraction of sp³-hybridized carbons (Fsp3) is 0.778. The summed E-state index contributed by atoms with van der Waals surface area (Å²) in [4.78, 5) is 22.0. The monoisotopic (exact) mass is 251 g/mol. The minimum atomic E-state index is -1.50. The number of rotatable bonds is 7. The third-order valence-corrected chi connectivity index (χ3v) is 1.80. The molecule has 0 aromatic carbocycles. The summed E-state index contributed by atoms with van der Waals surface area (Å²) >= 11 is 4.42. The molecule has 0 aliphatic heterocycles. The van der Waals surface area contributed by atoms with Crippen molar-refractivity contribution in [3.8, 4) is 0 Å². The maximum atomic E-state index is 11.1. The maximum absolute atomic E-state index is 11.1. The molecule has 0 fully saturated rings. The number of carbonyl (C=O) groups excluding carboxylic acids is 2. The number of hydrogen-bond donors (Lipinski definition) is 2. The Morgan fingerprint density at radius 3 is 2.31 bits per heavy atom. The molecule has 0 heterocycles. The first kappa shape index (κ1) is 15.2. The summed E-state index contributed by atoms with van der Waals surface area (Å²) in [6.45, 7) is 1.09. The summed E-state index contributed by atoms with van der Waals surface area (Å²) in [5.74, 6) is -1.73. The van der Waals surface area contributed by atoms with Gasteiger partial charge >= 0.3 is 11.9 Å². The van der Waals surface area contributed by atoms with Crippen molar-refractivity contribution in [3.63, 3.8) is 0 Å². The summed E-state index contributed by atoms with van der Waals surface area (Å²) < 4.78 is 9.25. The van der Waals surface area contributed by atoms with Crippen LogP contribution in [0.1, 0.15) is 19.8 Å². The highest BCUT2D eigenvalue weighted by Crippen LogP contribution is 2.06. The predicted molar refractivity (Wildman–Crippen MR) is 56.4 cm³/mol. The minimum absolute atomic E-state index is 0.139. The second kappa shape index (κ2) is 8.37. The van der Waals surface area contributed by atoms with Crippen LogP contribution < -0.4 is 0 Å². The Labute approximate surface area is 99.0 Å². The van der Waals surface area contributed by atoms with E-state index < -0.39 is 30.9 Å². The van der Waals surface area contributed by atoms with Gasteiger partial charge in [-0.15, -0.1) is 0 Å². The quantitative estimate of drug-likeness (QED) is 0.479. The lowest BCUT2D eigenvalue weighted by Gasteiger charge is -2.21. The fourth-order valence-electron chi connectivity index (χ4n) is 0.823. The Bertz CT molecular complexity index is 232. The summed E-state index contributed by atoms with van der Waals surface area (Å²) in [6.07, 6.45) is -2.26. The van der Waals surface area contributed by atoms with Crippen LogP contribution in [0.2, 0.25) is 0 Å². The van der Waals surface area contributed by atoms with Crippen LogP contribution in [0.4, 0.5) is 0 Å². The lowest BCUT2D eigenvalue weighted by atomic mass is 10.3. The first-order chi connectivity index (χ1) is 7.54. The number of carbonyl (C=O) groups is 2. The Kier molecular flexibility index (Phi) is 7.96. The van der Waals surface area contributed by atoms with Gasteiger partial charge in [0.25, 0.3) is 6.29 Å². The van der Waals surface area contributed by atoms with Gasteiger partial charge in [0.1, 0.15) is 5.75 Å². The van der Waals surface area contributed by atoms with E-state index in [1.807, 2.05) is 0 Å². The first-order valence-corrected chi connectivity index (χ1v) is 5.38. The molecule has 2 N–H and O–H groups in total. The summed E-state index contributed by atoms with van der Waals surface area (Å²) in [5.41, 5.74) is 0. The molecule has 0 aromatic heterocycles. The lowest BCUT2D eigenvalue weighted by molar-refractivity contribution is -0.208. The van der Waals surface area contributed by atoms with E-state index >= 15 is 0 Å². The van der Waals surface area contributed by atoms with E-state index in [0.29, 0.717) is 6.42 Å². The average molecular weight is 251 g/mol. The molecule has 16 heavy (non-hydrogen) atoms. The highest BCUT2D eigenvalue weighted by atomic mass is 32.1. The second-order valence-corrected chi connectivity index (χ2v) is 3.28. The zero-order chi connectivity index (χ0) is 12.6. The van der Waals surface area contributed by atoms with Crippen LogP contribution in [0.15, 0.2) is 0 Å². The van der Waals surface area contributed by atoms with Gasteiger partial charge in [-0.1, -0.05) is 19.6 Å². The van der Waals surface area contributed by atoms with Gasteiger partial charge < -0.3 is 19.7 Å². The molecule has 0 aliphatic carbocycles. The highest BCUT2D eigenvalue weighted by Gasteiger charge is 2.26. The van der Waals surface area contributed by atoms with Crippen LogP contribution >= 0.6 is 12.6 Å². The number of aliphatic hydroxyl groups excluding tert-OH is 2. The second-order valence-electron chi connectivity index (χ2n) is 2.99. The van der Waals surface area contributed by atoms with E-state index in [1.54, 1.807) is 6.92 Å². The Morgan fingerprint density at radius 1 is 1.31 bits per heavy atom. The van der Waals surface area contributed by atoms with Crippen LogP contribution in [0.25, 0.3) is 0 Å². The molecule has 7 heteroatoms. The van der Waals surface area contributed by atoms with Gasteiger partial charge in [-0.05, 0) is 6.42 Å². The van der Waals surface area contributed by atoms with Gasteiger partial charge in [0, 0.05) is 6.42 Å². The summed E-state index contributed by atoms with van der Waals surface area (Å²) in [6, 6.07) is 0. The summed E-state index contributed by atoms with van der Waals surface area (Å²) in [7, 11) is 0. The number of hydrogen-bond acceptors (Lipinski definition) is 6. The maximum Gasteiger partial charge on any atom is 0.319 e. The molecule has 0 aromatic rings. The zero-order valence-electron chi connectivity index (χ0n) is 8.92. The van der Waals surface area contributed by atoms with Crippen molar-refractivity contribution >= 4 is 24.6 Å². The van der Waals surface area contributed by atoms with E-state index in [2.05, 4.69) is 22.1 Å². The third kappa shape index (κ3) is 5.94. The third-order valence-electron chi connectivity index (χ3n) is 1.57. The zero-order valence-corrected chi connectivity index (χ0v) is 9.74. The van der Waals surface area contributed by atoms with Crippen LogP contribution in [0, 0.1) is 0 Å². The van der Waals surface area contributed by atoms with E-state index in [4.69, 9.17) is 5.11 Å². The molecule has 2 atom stereocenters. The molecule has 0 aliphatic rings. The lowest BCUT2D eigenvalue weighted by Crippen LogP contribution is -2.38. The first-order valence-electron chi connectivity index (χ1n) is 4.81. The highest BCUT2D eigenvalue weighted by molar-refractivity contribution is 7.81. The van der Waals surface area contributed by atoms with Crippen LogP contribution in [-0.4, -0.2) is 46.9 Å². The molecule has 0 spiro atoms. The smallest absolute Gasteiger partial charge is 0.319 e. The average Bonchev–Trinajstić information content (AvgIpc) is 2.27. The molecular weight excluding hydrogens is 236 g/mol. The standard InChI is InChI=1S/C9H15O6S/c1-2-3-7(12)14-9(6(11)4-10)15-8(13)5-16/h6,9-11H,2-5H2,1H3. The van der Waals surface area contributed by atoms with Crippen molar-refractivity contribution in [2.45, 2.75) is 32.2 Å². The van der Waals surface area contributed by atoms with Gasteiger partial charge in [-0.2, -0.15) is 0 Å². The fourth-order valence-corrected chi connectivity index (χ4v) is 0.891. The molecule has 0 amide bonds. The van der Waals surface area contributed by atoms with Crippen LogP contribution in [-0.2, 0) is 19.1 Å². The van der Waals surface area contributed by atoms with Crippen molar-refractivity contribution in [1.29, 1.82) is 0 Å². The number of aliphatic hydroxyl groups is 2. The molecule has 0 saturated heterocycles. The van der Waals surface area contributed by atoms with Crippen molar-refractivity contribution in [1.82, 2.24) is 0 Å². The van der Waals surface area contributed by atoms with Gasteiger partial charge in [-0.25, -0.2) is 0 Å². The van der Waals surface area contributed by atoms with Gasteiger partial charge in [0.2, 0.25) is 0 Å². The van der Waals surface area contributed by atoms with Gasteiger partial charge in [0.15, 0.2) is 6.10 Å². The molecule has 1 radical (unpaired) electrons. The Balaban J connectivity index is 4.31. The molecule has 2 unspecified atom stereocenters. The van der Waals surface area contributed by atoms with E-state index in [1.165, 1.54) is 0 Å². The van der Waals surface area contributed by atoms with Gasteiger partial charge in [-0.3, -0.25) is 9.59 Å². The van der Waals surface area contributed by atoms with E-state index in [-0.39, 0.29) is 12.2 Å². The number of ether oxygens (including phenoxy) is 2. The topological polar surface area (TPSA) is 93.1 Å². The van der Waals surface area contributed by atoms with Crippen molar-refractivity contribution in [3.05, 3.63) is 0 Å². The predicted octanol–water partition coefficient (Wildman–Crippen LogP) is -0.250. The molecule has 93 valence electrons. The van der Waals surface area contributed by atoms with Crippen molar-refractivity contribution < 1.29 is 29.3 Å². The van der Waals surface area contributed by atoms with Crippen molar-refractivity contribution in [2.75, 3.05) is 12.4 Å². The molecule has 0 saturated carbocycles. The normalized spacial score (nSPS) is 14.0. The molecule has 0 bridgehead atoms. The van der Waals surface area contributed by atoms with Crippen LogP contribution in [0.5, 0.6) is 0 Å². The molecule has 6 nitrogen and oxygen atoms in total.